The van der Waals surface area contributed by atoms with Gasteiger partial charge >= 0.3 is 6.03 Å². The van der Waals surface area contributed by atoms with E-state index in [4.69, 9.17) is 4.74 Å². The predicted octanol–water partition coefficient (Wildman–Crippen LogP) is 3.54. The Kier molecular flexibility index (Phi) is 6.98. The van der Waals surface area contributed by atoms with Gasteiger partial charge in [0.25, 0.3) is 0 Å². The largest absolute Gasteiger partial charge is 0.384 e. The monoisotopic (exact) mass is 341 g/mol. The van der Waals surface area contributed by atoms with Crippen LogP contribution in [-0.2, 0) is 9.53 Å². The number of amides is 3. The molecule has 0 heterocycles. The minimum atomic E-state index is -0.306. The van der Waals surface area contributed by atoms with Crippen molar-refractivity contribution in [2.24, 2.45) is 0 Å². The molecule has 0 radical (unpaired) electrons. The second-order valence-electron chi connectivity index (χ2n) is 5.60. The lowest BCUT2D eigenvalue weighted by molar-refractivity contribution is -0.122. The summed E-state index contributed by atoms with van der Waals surface area (Å²) in [6, 6.07) is 16.2. The van der Waals surface area contributed by atoms with E-state index in [0.29, 0.717) is 18.7 Å². The normalized spacial score (nSPS) is 11.4. The van der Waals surface area contributed by atoms with E-state index >= 15 is 0 Å². The van der Waals surface area contributed by atoms with Crippen LogP contribution in [0.4, 0.5) is 16.2 Å². The maximum atomic E-state index is 12.0. The van der Waals surface area contributed by atoms with Gasteiger partial charge in [0.05, 0.1) is 12.6 Å². The molecule has 0 aliphatic carbocycles. The summed E-state index contributed by atoms with van der Waals surface area (Å²) < 4.78 is 4.89. The van der Waals surface area contributed by atoms with Crippen molar-refractivity contribution in [2.75, 3.05) is 24.4 Å². The highest BCUT2D eigenvalue weighted by atomic mass is 16.5. The van der Waals surface area contributed by atoms with Crippen molar-refractivity contribution in [2.45, 2.75) is 19.4 Å². The van der Waals surface area contributed by atoms with E-state index in [-0.39, 0.29) is 18.0 Å². The third kappa shape index (κ3) is 6.27. The number of nitrogens with one attached hydrogen (secondary N) is 3. The Morgan fingerprint density at radius 3 is 2.16 bits per heavy atom. The average molecular weight is 341 g/mol. The highest BCUT2D eigenvalue weighted by Crippen LogP contribution is 2.16. The number of hydrogen-bond donors (Lipinski definition) is 3. The van der Waals surface area contributed by atoms with Crippen molar-refractivity contribution in [3.63, 3.8) is 0 Å². The van der Waals surface area contributed by atoms with Gasteiger partial charge in [-0.15, -0.1) is 0 Å². The Morgan fingerprint density at radius 2 is 1.56 bits per heavy atom. The van der Waals surface area contributed by atoms with E-state index < -0.39 is 0 Å². The summed E-state index contributed by atoms with van der Waals surface area (Å²) in [6.45, 7) is 2.31. The van der Waals surface area contributed by atoms with E-state index in [9.17, 15) is 9.59 Å². The Morgan fingerprint density at radius 1 is 0.960 bits per heavy atom. The van der Waals surface area contributed by atoms with Gasteiger partial charge in [0.2, 0.25) is 5.91 Å². The first kappa shape index (κ1) is 18.5. The Bertz CT molecular complexity index is 687. The number of ether oxygens (including phenoxy) is 1. The van der Waals surface area contributed by atoms with Gasteiger partial charge < -0.3 is 20.7 Å². The number of rotatable bonds is 7. The Hall–Kier alpha value is -2.86. The lowest BCUT2D eigenvalue weighted by Gasteiger charge is -2.15. The first-order chi connectivity index (χ1) is 12.1. The van der Waals surface area contributed by atoms with Crippen LogP contribution in [0.1, 0.15) is 24.9 Å². The molecule has 0 saturated heterocycles. The zero-order chi connectivity index (χ0) is 18.1. The third-order valence-corrected chi connectivity index (χ3v) is 3.61. The molecule has 0 fully saturated rings. The number of carbonyl (C=O) groups excluding carboxylic acids is 2. The fraction of sp³-hybridized carbons (Fsp3) is 0.263. The molecule has 0 saturated carbocycles. The zero-order valence-corrected chi connectivity index (χ0v) is 14.4. The van der Waals surface area contributed by atoms with E-state index in [0.717, 1.165) is 11.3 Å². The van der Waals surface area contributed by atoms with Gasteiger partial charge in [-0.1, -0.05) is 30.3 Å². The second-order valence-corrected chi connectivity index (χ2v) is 5.60. The van der Waals surface area contributed by atoms with Crippen LogP contribution in [0, 0.1) is 0 Å². The van der Waals surface area contributed by atoms with Crippen LogP contribution in [0.2, 0.25) is 0 Å². The highest BCUT2D eigenvalue weighted by molar-refractivity contribution is 5.99. The molecule has 0 bridgehead atoms. The average Bonchev–Trinajstić information content (AvgIpc) is 2.61. The third-order valence-electron chi connectivity index (χ3n) is 3.61. The molecule has 2 rings (SSSR count). The van der Waals surface area contributed by atoms with Gasteiger partial charge in [-0.3, -0.25) is 4.79 Å². The fourth-order valence-corrected chi connectivity index (χ4v) is 2.26. The fourth-order valence-electron chi connectivity index (χ4n) is 2.26. The summed E-state index contributed by atoms with van der Waals surface area (Å²) in [5.74, 6) is -0.0567. The maximum Gasteiger partial charge on any atom is 0.323 e. The molecule has 0 aliphatic heterocycles. The van der Waals surface area contributed by atoms with Crippen molar-refractivity contribution in [1.29, 1.82) is 0 Å². The number of anilines is 2. The lowest BCUT2D eigenvalue weighted by atomic mass is 10.1. The predicted molar refractivity (Wildman–Crippen MR) is 98.6 cm³/mol. The quantitative estimate of drug-likeness (QED) is 0.720. The van der Waals surface area contributed by atoms with Crippen LogP contribution in [-0.4, -0.2) is 25.7 Å². The van der Waals surface area contributed by atoms with Crippen LogP contribution in [0.5, 0.6) is 0 Å². The van der Waals surface area contributed by atoms with Gasteiger partial charge in [-0.05, 0) is 36.8 Å². The van der Waals surface area contributed by atoms with Crippen LogP contribution < -0.4 is 16.0 Å². The van der Waals surface area contributed by atoms with Crippen molar-refractivity contribution >= 4 is 23.3 Å². The summed E-state index contributed by atoms with van der Waals surface area (Å²) in [5.41, 5.74) is 2.36. The molecule has 1 atom stereocenters. The van der Waals surface area contributed by atoms with Crippen LogP contribution in [0.15, 0.2) is 54.6 Å². The smallest absolute Gasteiger partial charge is 0.323 e. The number of carbonyl (C=O) groups is 2. The van der Waals surface area contributed by atoms with Gasteiger partial charge in [0.1, 0.15) is 0 Å². The van der Waals surface area contributed by atoms with Crippen molar-refractivity contribution in [1.82, 2.24) is 5.32 Å². The minimum Gasteiger partial charge on any atom is -0.384 e. The van der Waals surface area contributed by atoms with E-state index in [1.165, 1.54) is 0 Å². The molecule has 0 aromatic heterocycles. The molecule has 3 amide bonds. The minimum absolute atomic E-state index is 0.0567. The number of benzene rings is 2. The first-order valence-corrected chi connectivity index (χ1v) is 8.10. The number of urea groups is 1. The van der Waals surface area contributed by atoms with E-state index in [1.54, 1.807) is 19.2 Å². The second kappa shape index (κ2) is 9.44. The molecule has 0 aliphatic rings. The molecule has 2 aromatic rings. The van der Waals surface area contributed by atoms with Crippen molar-refractivity contribution in [3.8, 4) is 0 Å². The molecule has 0 unspecified atom stereocenters. The number of hydrogen-bond acceptors (Lipinski definition) is 3. The summed E-state index contributed by atoms with van der Waals surface area (Å²) in [6.07, 6.45) is 0.333. The summed E-state index contributed by atoms with van der Waals surface area (Å²) in [7, 11) is 1.57. The Balaban J connectivity index is 1.86. The molecule has 0 spiro atoms. The summed E-state index contributed by atoms with van der Waals surface area (Å²) >= 11 is 0. The summed E-state index contributed by atoms with van der Waals surface area (Å²) in [5, 5.41) is 8.43. The maximum absolute atomic E-state index is 12.0. The van der Waals surface area contributed by atoms with Crippen LogP contribution in [0.3, 0.4) is 0 Å². The van der Waals surface area contributed by atoms with Crippen LogP contribution >= 0.6 is 0 Å². The molecular weight excluding hydrogens is 318 g/mol. The van der Waals surface area contributed by atoms with Gasteiger partial charge in [-0.2, -0.15) is 0 Å². The lowest BCUT2D eigenvalue weighted by Crippen LogP contribution is -2.27. The molecule has 132 valence electrons. The molecule has 2 aromatic carbocycles. The first-order valence-electron chi connectivity index (χ1n) is 8.10. The SMILES string of the molecule is COCCC(=O)N[C@H](C)c1ccc(NC(=O)Nc2ccccc2)cc1. The van der Waals surface area contributed by atoms with E-state index in [2.05, 4.69) is 16.0 Å². The zero-order valence-electron chi connectivity index (χ0n) is 14.4. The van der Waals surface area contributed by atoms with Crippen LogP contribution in [0.25, 0.3) is 0 Å². The molecule has 3 N–H and O–H groups in total. The number of para-hydroxylation sites is 1. The highest BCUT2D eigenvalue weighted by Gasteiger charge is 2.10. The molecule has 6 nitrogen and oxygen atoms in total. The van der Waals surface area contributed by atoms with E-state index in [1.807, 2.05) is 49.4 Å². The standard InChI is InChI=1S/C19H23N3O3/c1-14(20-18(23)12-13-25-2)15-8-10-17(11-9-15)22-19(24)21-16-6-4-3-5-7-16/h3-11,14H,12-13H2,1-2H3,(H,20,23)(H2,21,22,24)/t14-/m1/s1. The number of methoxy groups -OCH3 is 1. The molecule has 6 heteroatoms. The van der Waals surface area contributed by atoms with Gasteiger partial charge in [0.15, 0.2) is 0 Å². The molecule has 25 heavy (non-hydrogen) atoms. The van der Waals surface area contributed by atoms with Crippen molar-refractivity contribution in [3.05, 3.63) is 60.2 Å². The van der Waals surface area contributed by atoms with Crippen molar-refractivity contribution < 1.29 is 14.3 Å². The molecular formula is C19H23N3O3. The topological polar surface area (TPSA) is 79.5 Å². The van der Waals surface area contributed by atoms with Gasteiger partial charge in [-0.25, -0.2) is 4.79 Å². The summed E-state index contributed by atoms with van der Waals surface area (Å²) in [4.78, 5) is 23.7. The Labute approximate surface area is 147 Å². The van der Waals surface area contributed by atoms with Gasteiger partial charge in [0, 0.05) is 24.9 Å².